The molecule has 5 nitrogen and oxygen atoms in total. The number of aromatic nitrogens is 2. The fourth-order valence-electron chi connectivity index (χ4n) is 2.55. The number of aryl methyl sites for hydroxylation is 1. The van der Waals surface area contributed by atoms with Crippen molar-refractivity contribution < 1.29 is 4.79 Å². The van der Waals surface area contributed by atoms with Crippen molar-refractivity contribution in [1.82, 2.24) is 14.7 Å². The second-order valence-corrected chi connectivity index (χ2v) is 4.99. The Bertz CT molecular complexity index is 412. The number of hydrogen-bond donors (Lipinski definition) is 1. The topological polar surface area (TPSA) is 64.2 Å². The third-order valence-corrected chi connectivity index (χ3v) is 3.31. The number of amides is 1. The first kappa shape index (κ1) is 12.1. The summed E-state index contributed by atoms with van der Waals surface area (Å²) in [6.07, 6.45) is 5.05. The molecule has 0 saturated carbocycles. The Kier molecular flexibility index (Phi) is 3.19. The smallest absolute Gasteiger partial charge is 0.223 e. The van der Waals surface area contributed by atoms with E-state index in [9.17, 15) is 4.79 Å². The third-order valence-electron chi connectivity index (χ3n) is 3.31. The predicted molar refractivity (Wildman–Crippen MR) is 65.1 cm³/mol. The summed E-state index contributed by atoms with van der Waals surface area (Å²) in [6.45, 7) is 4.05. The summed E-state index contributed by atoms with van der Waals surface area (Å²) in [5.74, 6) is 0.190. The van der Waals surface area contributed by atoms with Gasteiger partial charge in [0, 0.05) is 37.3 Å². The second-order valence-electron chi connectivity index (χ2n) is 4.99. The predicted octanol–water partition coefficient (Wildman–Crippen LogP) is 0.819. The van der Waals surface area contributed by atoms with E-state index in [1.807, 2.05) is 32.0 Å². The molecule has 1 aliphatic heterocycles. The van der Waals surface area contributed by atoms with Crippen LogP contribution in [0, 0.1) is 0 Å². The average Bonchev–Trinajstić information content (AvgIpc) is 2.67. The highest BCUT2D eigenvalue weighted by molar-refractivity contribution is 5.78. The average molecular weight is 236 g/mol. The number of piperidine rings is 1. The molecule has 0 spiro atoms. The zero-order chi connectivity index (χ0) is 12.6. The SMILES string of the molecule is CC(C)N1C(=O)CCC(N)C1c1cnn(C)c1. The number of carbonyl (C=O) groups excluding carboxylic acids is 1. The van der Waals surface area contributed by atoms with Crippen molar-refractivity contribution in [1.29, 1.82) is 0 Å². The van der Waals surface area contributed by atoms with Crippen LogP contribution < -0.4 is 5.73 Å². The fraction of sp³-hybridized carbons (Fsp3) is 0.667. The molecule has 1 aromatic rings. The standard InChI is InChI=1S/C12H20N4O/c1-8(2)16-11(17)5-4-10(13)12(16)9-6-14-15(3)7-9/h6-8,10,12H,4-5,13H2,1-3H3. The van der Waals surface area contributed by atoms with E-state index in [1.54, 1.807) is 10.9 Å². The van der Waals surface area contributed by atoms with E-state index in [0.29, 0.717) is 6.42 Å². The third kappa shape index (κ3) is 2.20. The van der Waals surface area contributed by atoms with E-state index in [4.69, 9.17) is 5.73 Å². The van der Waals surface area contributed by atoms with Gasteiger partial charge in [-0.1, -0.05) is 0 Å². The molecule has 17 heavy (non-hydrogen) atoms. The summed E-state index contributed by atoms with van der Waals surface area (Å²) < 4.78 is 1.75. The summed E-state index contributed by atoms with van der Waals surface area (Å²) in [5.41, 5.74) is 7.21. The summed E-state index contributed by atoms with van der Waals surface area (Å²) in [6, 6.07) is 0.128. The lowest BCUT2D eigenvalue weighted by atomic mass is 9.91. The van der Waals surface area contributed by atoms with Gasteiger partial charge < -0.3 is 10.6 Å². The molecule has 0 bridgehead atoms. The van der Waals surface area contributed by atoms with E-state index in [0.717, 1.165) is 12.0 Å². The van der Waals surface area contributed by atoms with Crippen LogP contribution in [0.15, 0.2) is 12.4 Å². The summed E-state index contributed by atoms with van der Waals surface area (Å²) >= 11 is 0. The minimum absolute atomic E-state index is 0.000648. The van der Waals surface area contributed by atoms with E-state index in [1.165, 1.54) is 0 Å². The Labute approximate surface area is 102 Å². The molecule has 1 aromatic heterocycles. The lowest BCUT2D eigenvalue weighted by Gasteiger charge is -2.41. The Hall–Kier alpha value is -1.36. The molecule has 1 fully saturated rings. The summed E-state index contributed by atoms with van der Waals surface area (Å²) in [5, 5.41) is 4.17. The van der Waals surface area contributed by atoms with Crippen molar-refractivity contribution in [3.63, 3.8) is 0 Å². The highest BCUT2D eigenvalue weighted by Gasteiger charge is 2.36. The van der Waals surface area contributed by atoms with E-state index >= 15 is 0 Å². The van der Waals surface area contributed by atoms with Gasteiger partial charge in [0.05, 0.1) is 12.2 Å². The molecule has 0 radical (unpaired) electrons. The fourth-order valence-corrected chi connectivity index (χ4v) is 2.55. The van der Waals surface area contributed by atoms with Gasteiger partial charge in [-0.25, -0.2) is 0 Å². The molecule has 2 rings (SSSR count). The Balaban J connectivity index is 2.35. The molecule has 0 aliphatic carbocycles. The Morgan fingerprint density at radius 1 is 1.53 bits per heavy atom. The van der Waals surface area contributed by atoms with Crippen molar-refractivity contribution >= 4 is 5.91 Å². The number of nitrogens with two attached hydrogens (primary N) is 1. The molecule has 2 heterocycles. The number of rotatable bonds is 2. The van der Waals surface area contributed by atoms with Gasteiger partial charge in [0.15, 0.2) is 0 Å². The van der Waals surface area contributed by atoms with Gasteiger partial charge in [-0.3, -0.25) is 9.48 Å². The van der Waals surface area contributed by atoms with Crippen LogP contribution in [0.3, 0.4) is 0 Å². The van der Waals surface area contributed by atoms with Crippen LogP contribution in [0.5, 0.6) is 0 Å². The zero-order valence-corrected chi connectivity index (χ0v) is 10.6. The van der Waals surface area contributed by atoms with E-state index in [2.05, 4.69) is 5.10 Å². The Morgan fingerprint density at radius 2 is 2.24 bits per heavy atom. The Morgan fingerprint density at radius 3 is 2.76 bits per heavy atom. The van der Waals surface area contributed by atoms with Crippen molar-refractivity contribution in [3.05, 3.63) is 18.0 Å². The van der Waals surface area contributed by atoms with E-state index < -0.39 is 0 Å². The second kappa shape index (κ2) is 4.49. The lowest BCUT2D eigenvalue weighted by molar-refractivity contribution is -0.139. The van der Waals surface area contributed by atoms with Crippen LogP contribution in [0.1, 0.15) is 38.3 Å². The van der Waals surface area contributed by atoms with Gasteiger partial charge in [0.1, 0.15) is 0 Å². The number of carbonyl (C=O) groups is 1. The van der Waals surface area contributed by atoms with Crippen LogP contribution in [-0.2, 0) is 11.8 Å². The highest BCUT2D eigenvalue weighted by atomic mass is 16.2. The minimum atomic E-state index is -0.0371. The van der Waals surface area contributed by atoms with Crippen LogP contribution in [0.2, 0.25) is 0 Å². The number of hydrogen-bond acceptors (Lipinski definition) is 3. The van der Waals surface area contributed by atoms with Crippen molar-refractivity contribution in [2.45, 2.75) is 44.8 Å². The molecule has 2 unspecified atom stereocenters. The highest BCUT2D eigenvalue weighted by Crippen LogP contribution is 2.32. The maximum atomic E-state index is 12.0. The van der Waals surface area contributed by atoms with Gasteiger partial charge in [-0.2, -0.15) is 5.10 Å². The monoisotopic (exact) mass is 236 g/mol. The van der Waals surface area contributed by atoms with Gasteiger partial charge in [-0.05, 0) is 20.3 Å². The normalized spacial score (nSPS) is 25.7. The molecular weight excluding hydrogens is 216 g/mol. The first-order valence-electron chi connectivity index (χ1n) is 6.06. The minimum Gasteiger partial charge on any atom is -0.332 e. The molecule has 1 aliphatic rings. The lowest BCUT2D eigenvalue weighted by Crippen LogP contribution is -2.51. The molecule has 1 amide bonds. The molecule has 2 N–H and O–H groups in total. The van der Waals surface area contributed by atoms with Gasteiger partial charge in [0.25, 0.3) is 0 Å². The molecule has 94 valence electrons. The molecular formula is C12H20N4O. The molecule has 2 atom stereocenters. The van der Waals surface area contributed by atoms with Gasteiger partial charge in [0.2, 0.25) is 5.91 Å². The van der Waals surface area contributed by atoms with Gasteiger partial charge >= 0.3 is 0 Å². The molecule has 0 aromatic carbocycles. The van der Waals surface area contributed by atoms with Crippen LogP contribution >= 0.6 is 0 Å². The first-order valence-corrected chi connectivity index (χ1v) is 6.06. The van der Waals surface area contributed by atoms with E-state index in [-0.39, 0.29) is 24.0 Å². The van der Waals surface area contributed by atoms with Crippen molar-refractivity contribution in [2.75, 3.05) is 0 Å². The molecule has 1 saturated heterocycles. The summed E-state index contributed by atoms with van der Waals surface area (Å²) in [4.78, 5) is 13.9. The zero-order valence-electron chi connectivity index (χ0n) is 10.6. The largest absolute Gasteiger partial charge is 0.332 e. The van der Waals surface area contributed by atoms with Crippen molar-refractivity contribution in [3.8, 4) is 0 Å². The number of nitrogens with zero attached hydrogens (tertiary/aromatic N) is 3. The summed E-state index contributed by atoms with van der Waals surface area (Å²) in [7, 11) is 1.87. The van der Waals surface area contributed by atoms with Gasteiger partial charge in [-0.15, -0.1) is 0 Å². The molecule has 5 heteroatoms. The quantitative estimate of drug-likeness (QED) is 0.826. The maximum absolute atomic E-state index is 12.0. The van der Waals surface area contributed by atoms with Crippen LogP contribution in [0.25, 0.3) is 0 Å². The maximum Gasteiger partial charge on any atom is 0.223 e. The van der Waals surface area contributed by atoms with Crippen molar-refractivity contribution in [2.24, 2.45) is 12.8 Å². The van der Waals surface area contributed by atoms with Crippen LogP contribution in [0.4, 0.5) is 0 Å². The number of likely N-dealkylation sites (tertiary alicyclic amines) is 1. The van der Waals surface area contributed by atoms with Crippen LogP contribution in [-0.4, -0.2) is 32.7 Å². The first-order chi connectivity index (χ1) is 8.00.